The minimum Gasteiger partial charge on any atom is -0.480 e. The first-order valence-electron chi connectivity index (χ1n) is 8.04. The number of esters is 1. The molecule has 0 saturated heterocycles. The Bertz CT molecular complexity index is 816. The van der Waals surface area contributed by atoms with Gasteiger partial charge in [-0.2, -0.15) is 0 Å². The lowest BCUT2D eigenvalue weighted by Gasteiger charge is -2.22. The molecule has 0 fully saturated rings. The quantitative estimate of drug-likeness (QED) is 0.624. The lowest BCUT2D eigenvalue weighted by atomic mass is 10.0. The van der Waals surface area contributed by atoms with Gasteiger partial charge in [-0.3, -0.25) is 9.59 Å². The first kappa shape index (κ1) is 21.2. The Balaban J connectivity index is 2.11. The van der Waals surface area contributed by atoms with Crippen molar-refractivity contribution in [2.24, 2.45) is 0 Å². The number of rotatable bonds is 7. The monoisotopic (exact) mass is 457 g/mol. The summed E-state index contributed by atoms with van der Waals surface area (Å²) in [5.41, 5.74) is 0.702. The standard InChI is InChI=1S/C19H18BrClFNO4/c1-11(27-17-8-7-14(22)9-15(17)20)19(25)23-16(10-18(24)26-2)12-3-5-13(21)6-4-12/h3-9,11,16H,10H2,1-2H3,(H,23,25). The third kappa shape index (κ3) is 6.22. The topological polar surface area (TPSA) is 64.6 Å². The highest BCUT2D eigenvalue weighted by atomic mass is 79.9. The van der Waals surface area contributed by atoms with Crippen molar-refractivity contribution in [1.82, 2.24) is 5.32 Å². The smallest absolute Gasteiger partial charge is 0.307 e. The number of hydrogen-bond donors (Lipinski definition) is 1. The van der Waals surface area contributed by atoms with Crippen LogP contribution in [0.5, 0.6) is 5.75 Å². The molecule has 8 heteroatoms. The molecule has 0 aliphatic heterocycles. The second kappa shape index (κ2) is 9.71. The van der Waals surface area contributed by atoms with Crippen molar-refractivity contribution in [1.29, 1.82) is 0 Å². The van der Waals surface area contributed by atoms with Gasteiger partial charge in [0.2, 0.25) is 0 Å². The van der Waals surface area contributed by atoms with Crippen molar-refractivity contribution in [3.63, 3.8) is 0 Å². The number of ether oxygens (including phenoxy) is 2. The summed E-state index contributed by atoms with van der Waals surface area (Å²) in [5.74, 6) is -0.998. The van der Waals surface area contributed by atoms with Crippen LogP contribution in [-0.4, -0.2) is 25.1 Å². The van der Waals surface area contributed by atoms with E-state index in [2.05, 4.69) is 21.2 Å². The van der Waals surface area contributed by atoms with Crippen LogP contribution in [0.3, 0.4) is 0 Å². The number of carbonyl (C=O) groups is 2. The molecule has 0 bridgehead atoms. The molecule has 2 aromatic carbocycles. The lowest BCUT2D eigenvalue weighted by Crippen LogP contribution is -2.39. The molecule has 27 heavy (non-hydrogen) atoms. The highest BCUT2D eigenvalue weighted by Crippen LogP contribution is 2.27. The molecular formula is C19H18BrClFNO4. The van der Waals surface area contributed by atoms with E-state index in [1.54, 1.807) is 31.2 Å². The molecule has 0 heterocycles. The zero-order valence-corrected chi connectivity index (χ0v) is 17.0. The molecule has 144 valence electrons. The summed E-state index contributed by atoms with van der Waals surface area (Å²) in [5, 5.41) is 3.31. The normalized spacial score (nSPS) is 12.8. The van der Waals surface area contributed by atoms with E-state index >= 15 is 0 Å². The third-order valence-corrected chi connectivity index (χ3v) is 4.63. The number of amides is 1. The Kier molecular flexibility index (Phi) is 7.62. The van der Waals surface area contributed by atoms with E-state index in [0.29, 0.717) is 20.8 Å². The van der Waals surface area contributed by atoms with E-state index in [-0.39, 0.29) is 6.42 Å². The van der Waals surface area contributed by atoms with E-state index in [1.807, 2.05) is 0 Å². The molecule has 0 radical (unpaired) electrons. The van der Waals surface area contributed by atoms with Gasteiger partial charge in [0, 0.05) is 5.02 Å². The van der Waals surface area contributed by atoms with Crippen LogP contribution in [0.25, 0.3) is 0 Å². The summed E-state index contributed by atoms with van der Waals surface area (Å²) in [7, 11) is 1.28. The molecule has 2 aromatic rings. The fourth-order valence-corrected chi connectivity index (χ4v) is 2.87. The van der Waals surface area contributed by atoms with Crippen LogP contribution in [-0.2, 0) is 14.3 Å². The van der Waals surface area contributed by atoms with Crippen LogP contribution in [0.1, 0.15) is 24.9 Å². The van der Waals surface area contributed by atoms with E-state index in [0.717, 1.165) is 0 Å². The van der Waals surface area contributed by atoms with Gasteiger partial charge < -0.3 is 14.8 Å². The average Bonchev–Trinajstić information content (AvgIpc) is 2.63. The van der Waals surface area contributed by atoms with Crippen molar-refractivity contribution in [2.45, 2.75) is 25.5 Å². The highest BCUT2D eigenvalue weighted by molar-refractivity contribution is 9.10. The molecule has 2 rings (SSSR count). The van der Waals surface area contributed by atoms with Crippen molar-refractivity contribution in [3.8, 4) is 5.75 Å². The maximum absolute atomic E-state index is 13.2. The van der Waals surface area contributed by atoms with Crippen molar-refractivity contribution < 1.29 is 23.5 Å². The first-order chi connectivity index (χ1) is 12.8. The maximum atomic E-state index is 13.2. The zero-order valence-electron chi connectivity index (χ0n) is 14.7. The minimum atomic E-state index is -0.876. The Morgan fingerprint density at radius 1 is 1.22 bits per heavy atom. The van der Waals surface area contributed by atoms with Gasteiger partial charge in [0.1, 0.15) is 11.6 Å². The fraction of sp³-hybridized carbons (Fsp3) is 0.263. The molecular weight excluding hydrogens is 441 g/mol. The summed E-state index contributed by atoms with van der Waals surface area (Å²) in [6.45, 7) is 1.56. The van der Waals surface area contributed by atoms with Crippen molar-refractivity contribution >= 4 is 39.4 Å². The molecule has 0 saturated carbocycles. The van der Waals surface area contributed by atoms with Gasteiger partial charge in [-0.1, -0.05) is 23.7 Å². The molecule has 2 atom stereocenters. The summed E-state index contributed by atoms with van der Waals surface area (Å²) >= 11 is 9.08. The van der Waals surface area contributed by atoms with E-state index in [1.165, 1.54) is 25.3 Å². The molecule has 5 nitrogen and oxygen atoms in total. The molecule has 0 aliphatic rings. The Labute approximate surface area is 169 Å². The number of nitrogens with one attached hydrogen (secondary N) is 1. The average molecular weight is 459 g/mol. The second-order valence-electron chi connectivity index (χ2n) is 5.73. The number of benzene rings is 2. The largest absolute Gasteiger partial charge is 0.480 e. The van der Waals surface area contributed by atoms with Gasteiger partial charge in [-0.05, 0) is 58.7 Å². The van der Waals surface area contributed by atoms with E-state index in [4.69, 9.17) is 21.1 Å². The predicted octanol–water partition coefficient (Wildman–Crippen LogP) is 4.43. The van der Waals surface area contributed by atoms with E-state index in [9.17, 15) is 14.0 Å². The predicted molar refractivity (Wildman–Crippen MR) is 103 cm³/mol. The lowest BCUT2D eigenvalue weighted by molar-refractivity contribution is -0.141. The number of hydrogen-bond acceptors (Lipinski definition) is 4. The van der Waals surface area contributed by atoms with Gasteiger partial charge in [-0.15, -0.1) is 0 Å². The van der Waals surface area contributed by atoms with Gasteiger partial charge >= 0.3 is 5.97 Å². The Morgan fingerprint density at radius 2 is 1.89 bits per heavy atom. The van der Waals surface area contributed by atoms with Crippen LogP contribution in [0.4, 0.5) is 4.39 Å². The molecule has 0 aliphatic carbocycles. The molecule has 1 N–H and O–H groups in total. The number of halogens is 3. The zero-order chi connectivity index (χ0) is 20.0. The third-order valence-electron chi connectivity index (χ3n) is 3.75. The van der Waals surface area contributed by atoms with Gasteiger partial charge in [0.05, 0.1) is 24.0 Å². The number of carbonyl (C=O) groups excluding carboxylic acids is 2. The van der Waals surface area contributed by atoms with E-state index < -0.39 is 29.8 Å². The van der Waals surface area contributed by atoms with Crippen LogP contribution in [0, 0.1) is 5.82 Å². The second-order valence-corrected chi connectivity index (χ2v) is 7.02. The molecule has 1 amide bonds. The van der Waals surface area contributed by atoms with Gasteiger partial charge in [-0.25, -0.2) is 4.39 Å². The van der Waals surface area contributed by atoms with Crippen LogP contribution >= 0.6 is 27.5 Å². The van der Waals surface area contributed by atoms with Crippen LogP contribution in [0.2, 0.25) is 5.02 Å². The fourth-order valence-electron chi connectivity index (χ4n) is 2.30. The van der Waals surface area contributed by atoms with Crippen molar-refractivity contribution in [2.75, 3.05) is 7.11 Å². The molecule has 0 spiro atoms. The minimum absolute atomic E-state index is 0.0448. The molecule has 2 unspecified atom stereocenters. The summed E-state index contributed by atoms with van der Waals surface area (Å²) < 4.78 is 23.9. The van der Waals surface area contributed by atoms with Crippen LogP contribution in [0.15, 0.2) is 46.9 Å². The van der Waals surface area contributed by atoms with Gasteiger partial charge in [0.25, 0.3) is 5.91 Å². The number of methoxy groups -OCH3 is 1. The summed E-state index contributed by atoms with van der Waals surface area (Å²) in [6.07, 6.45) is -0.921. The maximum Gasteiger partial charge on any atom is 0.307 e. The van der Waals surface area contributed by atoms with Crippen LogP contribution < -0.4 is 10.1 Å². The molecule has 0 aromatic heterocycles. The SMILES string of the molecule is COC(=O)CC(NC(=O)C(C)Oc1ccc(F)cc1Br)c1ccc(Cl)cc1. The first-order valence-corrected chi connectivity index (χ1v) is 9.21. The highest BCUT2D eigenvalue weighted by Gasteiger charge is 2.23. The summed E-state index contributed by atoms with van der Waals surface area (Å²) in [6, 6.07) is 10.1. The Hall–Kier alpha value is -2.12. The van der Waals surface area contributed by atoms with Crippen molar-refractivity contribution in [3.05, 3.63) is 63.3 Å². The Morgan fingerprint density at radius 3 is 2.48 bits per heavy atom. The van der Waals surface area contributed by atoms with Gasteiger partial charge in [0.15, 0.2) is 6.10 Å². The summed E-state index contributed by atoms with van der Waals surface area (Å²) in [4.78, 5) is 24.3.